The van der Waals surface area contributed by atoms with Gasteiger partial charge in [-0.25, -0.2) is 0 Å². The summed E-state index contributed by atoms with van der Waals surface area (Å²) in [6, 6.07) is 29.6. The van der Waals surface area contributed by atoms with Gasteiger partial charge in [-0.05, 0) is 23.1 Å². The molecule has 5 nitrogen and oxygen atoms in total. The summed E-state index contributed by atoms with van der Waals surface area (Å²) in [6.45, 7) is 1.84. The minimum absolute atomic E-state index is 0.0343. The summed E-state index contributed by atoms with van der Waals surface area (Å²) < 4.78 is 18.7. The van der Waals surface area contributed by atoms with E-state index in [0.717, 1.165) is 16.7 Å². The fourth-order valence-electron chi connectivity index (χ4n) is 4.34. The lowest BCUT2D eigenvalue weighted by molar-refractivity contribution is -0.169. The zero-order valence-electron chi connectivity index (χ0n) is 18.8. The van der Waals surface area contributed by atoms with Crippen LogP contribution in [-0.2, 0) is 34.0 Å². The van der Waals surface area contributed by atoms with Crippen LogP contribution in [0.3, 0.4) is 0 Å². The van der Waals surface area contributed by atoms with Gasteiger partial charge in [0.25, 0.3) is 0 Å². The van der Waals surface area contributed by atoms with Crippen molar-refractivity contribution in [2.45, 2.75) is 50.6 Å². The second-order valence-corrected chi connectivity index (χ2v) is 8.66. The van der Waals surface area contributed by atoms with Crippen molar-refractivity contribution in [1.82, 2.24) is 0 Å². The lowest BCUT2D eigenvalue weighted by Gasteiger charge is -2.43. The summed E-state index contributed by atoms with van der Waals surface area (Å²) in [5.41, 5.74) is 9.69. The first-order valence-corrected chi connectivity index (χ1v) is 11.6. The number of aliphatic hydroxyl groups is 1. The quantitative estimate of drug-likeness (QED) is 0.490. The van der Waals surface area contributed by atoms with E-state index in [0.29, 0.717) is 32.8 Å². The third-order valence-corrected chi connectivity index (χ3v) is 6.17. The molecule has 5 heteroatoms. The van der Waals surface area contributed by atoms with Crippen molar-refractivity contribution < 1.29 is 19.3 Å². The van der Waals surface area contributed by atoms with Crippen molar-refractivity contribution in [3.05, 3.63) is 108 Å². The summed E-state index contributed by atoms with van der Waals surface area (Å²) in [4.78, 5) is 0. The molecular weight excluding hydrogens is 414 g/mol. The second-order valence-electron chi connectivity index (χ2n) is 8.66. The molecule has 3 N–H and O–H groups in total. The highest BCUT2D eigenvalue weighted by Crippen LogP contribution is 2.31. The van der Waals surface area contributed by atoms with Crippen LogP contribution < -0.4 is 5.73 Å². The molecule has 0 amide bonds. The molecule has 3 aromatic carbocycles. The van der Waals surface area contributed by atoms with Crippen molar-refractivity contribution in [3.8, 4) is 0 Å². The van der Waals surface area contributed by atoms with Crippen LogP contribution in [-0.4, -0.2) is 36.1 Å². The average Bonchev–Trinajstić information content (AvgIpc) is 2.86. The highest BCUT2D eigenvalue weighted by atomic mass is 16.5. The predicted molar refractivity (Wildman–Crippen MR) is 128 cm³/mol. The van der Waals surface area contributed by atoms with Crippen LogP contribution >= 0.6 is 0 Å². The number of benzene rings is 3. The van der Waals surface area contributed by atoms with E-state index in [-0.39, 0.29) is 12.0 Å². The van der Waals surface area contributed by atoms with Gasteiger partial charge >= 0.3 is 0 Å². The van der Waals surface area contributed by atoms with Gasteiger partial charge in [0, 0.05) is 5.92 Å². The van der Waals surface area contributed by atoms with E-state index in [1.807, 2.05) is 91.0 Å². The number of aliphatic hydroxyl groups excluding tert-OH is 1. The molecular formula is C28H33NO4. The molecule has 0 aliphatic heterocycles. The molecule has 3 aromatic rings. The number of hydrogen-bond acceptors (Lipinski definition) is 5. The maximum absolute atomic E-state index is 10.7. The van der Waals surface area contributed by atoms with Gasteiger partial charge in [0.1, 0.15) is 6.10 Å². The Morgan fingerprint density at radius 2 is 1.12 bits per heavy atom. The highest BCUT2D eigenvalue weighted by molar-refractivity contribution is 5.15. The van der Waals surface area contributed by atoms with Gasteiger partial charge in [-0.15, -0.1) is 0 Å². The lowest BCUT2D eigenvalue weighted by atomic mass is 9.79. The number of hydrogen-bond donors (Lipinski definition) is 2. The molecule has 0 bridgehead atoms. The molecule has 1 saturated carbocycles. The first-order valence-electron chi connectivity index (χ1n) is 11.6. The van der Waals surface area contributed by atoms with E-state index in [9.17, 15) is 5.11 Å². The van der Waals surface area contributed by atoms with Gasteiger partial charge in [0.2, 0.25) is 0 Å². The minimum Gasteiger partial charge on any atom is -0.391 e. The maximum atomic E-state index is 10.7. The molecule has 0 heterocycles. The van der Waals surface area contributed by atoms with Gasteiger partial charge in [0.15, 0.2) is 0 Å². The molecule has 174 valence electrons. The molecule has 0 radical (unpaired) electrons. The lowest BCUT2D eigenvalue weighted by Crippen LogP contribution is -2.60. The van der Waals surface area contributed by atoms with Gasteiger partial charge < -0.3 is 25.1 Å². The van der Waals surface area contributed by atoms with Crippen LogP contribution in [0.15, 0.2) is 91.0 Å². The predicted octanol–water partition coefficient (Wildman–Crippen LogP) is 4.08. The standard InChI is InChI=1S/C28H33NO4/c29-26-25(30)16-24(20-31-17-21-10-4-1-5-11-21)27(32-18-22-12-6-2-7-13-22)28(26)33-19-23-14-8-3-9-15-23/h1-15,24-28,30H,16-20,29H2/t24-,25+,26+,27-,28-/m1/s1. The third kappa shape index (κ3) is 6.73. The Kier molecular flexibility index (Phi) is 8.64. The molecule has 0 spiro atoms. The van der Waals surface area contributed by atoms with Crippen molar-refractivity contribution in [1.29, 1.82) is 0 Å². The molecule has 0 unspecified atom stereocenters. The van der Waals surface area contributed by atoms with Crippen LogP contribution in [0, 0.1) is 5.92 Å². The summed E-state index contributed by atoms with van der Waals surface area (Å²) in [6.07, 6.45) is -0.889. The van der Waals surface area contributed by atoms with Gasteiger partial charge in [0.05, 0.1) is 44.7 Å². The maximum Gasteiger partial charge on any atom is 0.102 e. The largest absolute Gasteiger partial charge is 0.391 e. The fraction of sp³-hybridized carbons (Fsp3) is 0.357. The topological polar surface area (TPSA) is 73.9 Å². The van der Waals surface area contributed by atoms with Crippen LogP contribution in [0.5, 0.6) is 0 Å². The second kappa shape index (κ2) is 12.1. The van der Waals surface area contributed by atoms with E-state index in [2.05, 4.69) is 0 Å². The smallest absolute Gasteiger partial charge is 0.102 e. The monoisotopic (exact) mass is 447 g/mol. The van der Waals surface area contributed by atoms with Gasteiger partial charge in [-0.3, -0.25) is 0 Å². The van der Waals surface area contributed by atoms with Crippen molar-refractivity contribution in [2.75, 3.05) is 6.61 Å². The van der Waals surface area contributed by atoms with Crippen molar-refractivity contribution >= 4 is 0 Å². The first-order chi connectivity index (χ1) is 16.2. The van der Waals surface area contributed by atoms with E-state index in [1.54, 1.807) is 0 Å². The summed E-state index contributed by atoms with van der Waals surface area (Å²) >= 11 is 0. The number of nitrogens with two attached hydrogens (primary N) is 1. The summed E-state index contributed by atoms with van der Waals surface area (Å²) in [5.74, 6) is -0.0343. The Balaban J connectivity index is 1.46. The molecule has 4 rings (SSSR count). The summed E-state index contributed by atoms with van der Waals surface area (Å²) in [7, 11) is 0. The fourth-order valence-corrected chi connectivity index (χ4v) is 4.34. The summed E-state index contributed by atoms with van der Waals surface area (Å²) in [5, 5.41) is 10.7. The van der Waals surface area contributed by atoms with Gasteiger partial charge in [-0.1, -0.05) is 91.0 Å². The number of ether oxygens (including phenoxy) is 3. The Morgan fingerprint density at radius 3 is 1.64 bits per heavy atom. The Morgan fingerprint density at radius 1 is 0.667 bits per heavy atom. The Labute approximate surface area is 196 Å². The van der Waals surface area contributed by atoms with E-state index in [1.165, 1.54) is 0 Å². The van der Waals surface area contributed by atoms with Crippen LogP contribution in [0.4, 0.5) is 0 Å². The molecule has 5 atom stereocenters. The van der Waals surface area contributed by atoms with E-state index < -0.39 is 18.2 Å². The van der Waals surface area contributed by atoms with E-state index in [4.69, 9.17) is 19.9 Å². The Hall–Kier alpha value is -2.54. The molecule has 0 aromatic heterocycles. The normalized spacial score (nSPS) is 25.1. The first kappa shape index (κ1) is 23.6. The van der Waals surface area contributed by atoms with Crippen LogP contribution in [0.2, 0.25) is 0 Å². The SMILES string of the molecule is N[C@@H]1[C@@H](OCc2ccccc2)[C@H](OCc2ccccc2)[C@@H](COCc2ccccc2)C[C@@H]1O. The van der Waals surface area contributed by atoms with Crippen LogP contribution in [0.1, 0.15) is 23.1 Å². The Bertz CT molecular complexity index is 938. The van der Waals surface area contributed by atoms with Gasteiger partial charge in [-0.2, -0.15) is 0 Å². The van der Waals surface area contributed by atoms with Crippen LogP contribution in [0.25, 0.3) is 0 Å². The molecule has 33 heavy (non-hydrogen) atoms. The molecule has 1 aliphatic rings. The van der Waals surface area contributed by atoms with Crippen molar-refractivity contribution in [3.63, 3.8) is 0 Å². The van der Waals surface area contributed by atoms with E-state index >= 15 is 0 Å². The number of rotatable bonds is 10. The molecule has 1 aliphatic carbocycles. The third-order valence-electron chi connectivity index (χ3n) is 6.17. The highest BCUT2D eigenvalue weighted by Gasteiger charge is 2.44. The zero-order chi connectivity index (χ0) is 22.9. The average molecular weight is 448 g/mol. The molecule has 0 saturated heterocycles. The van der Waals surface area contributed by atoms with Crippen molar-refractivity contribution in [2.24, 2.45) is 11.7 Å². The zero-order valence-corrected chi connectivity index (χ0v) is 18.8. The minimum atomic E-state index is -0.673. The molecule has 1 fully saturated rings.